The van der Waals surface area contributed by atoms with Crippen LogP contribution in [-0.4, -0.2) is 46.1 Å². The molecule has 1 rings (SSSR count). The first-order valence-electron chi connectivity index (χ1n) is 10.8. The molecule has 8 heteroatoms. The van der Waals surface area contributed by atoms with Crippen LogP contribution in [0.5, 0.6) is 0 Å². The van der Waals surface area contributed by atoms with E-state index in [4.69, 9.17) is 10.2 Å². The van der Waals surface area contributed by atoms with Crippen LogP contribution in [0.4, 0.5) is 0 Å². The molecule has 0 saturated carbocycles. The molecule has 7 nitrogen and oxygen atoms in total. The first kappa shape index (κ1) is 26.7. The van der Waals surface area contributed by atoms with Crippen LogP contribution in [-0.2, 0) is 14.4 Å². The first-order valence-corrected chi connectivity index (χ1v) is 11.8. The van der Waals surface area contributed by atoms with Crippen LogP contribution in [0.3, 0.4) is 0 Å². The van der Waals surface area contributed by atoms with E-state index in [-0.39, 0.29) is 18.7 Å². The molecule has 1 aromatic rings. The number of rotatable bonds is 18. The number of nitrogens with one attached hydrogen (secondary N) is 1. The number of unbranched alkanes of at least 4 members (excludes halogenated alkanes) is 7. The van der Waals surface area contributed by atoms with Crippen molar-refractivity contribution in [2.75, 3.05) is 5.75 Å². The van der Waals surface area contributed by atoms with E-state index in [0.717, 1.165) is 55.6 Å². The Balaban J connectivity index is 1.97. The summed E-state index contributed by atoms with van der Waals surface area (Å²) in [6.45, 7) is 0. The Morgan fingerprint density at radius 1 is 0.903 bits per heavy atom. The monoisotopic (exact) mass is 450 g/mol. The average Bonchev–Trinajstić information content (AvgIpc) is 2.75. The van der Waals surface area contributed by atoms with Crippen molar-refractivity contribution < 1.29 is 29.4 Å². The highest BCUT2D eigenvalue weighted by Gasteiger charge is 2.19. The number of thioether (sulfide) groups is 1. The molecule has 0 saturated heterocycles. The topological polar surface area (TPSA) is 121 Å². The summed E-state index contributed by atoms with van der Waals surface area (Å²) >= 11 is 1.74. The zero-order chi connectivity index (χ0) is 22.9. The molecule has 1 amide bonds. The van der Waals surface area contributed by atoms with Gasteiger partial charge in [-0.15, -0.1) is 11.8 Å². The number of hydrogen-bond donors (Lipinski definition) is 3. The van der Waals surface area contributed by atoms with Gasteiger partial charge in [0.2, 0.25) is 5.91 Å². The number of benzene rings is 1. The minimum absolute atomic E-state index is 0.00414. The van der Waals surface area contributed by atoms with Crippen molar-refractivity contribution in [2.24, 2.45) is 0 Å². The summed E-state index contributed by atoms with van der Waals surface area (Å²) in [7, 11) is 0. The Morgan fingerprint density at radius 2 is 1.48 bits per heavy atom. The standard InChI is InChI=1S/C23H32NO6S/c25-16-9-10-20(23(29)30)24-21(26)11-7-5-3-1-2-4-6-8-17-31-19-14-12-18(13-15-19)22(27)28/h12-15,20H,1-11,17H2,(H,24,26)(H,27,28)(H,29,30)/t20-/m0/s1. The van der Waals surface area contributed by atoms with Crippen LogP contribution in [0, 0.1) is 0 Å². The van der Waals surface area contributed by atoms with Crippen LogP contribution >= 0.6 is 11.8 Å². The number of hydrogen-bond acceptors (Lipinski definition) is 5. The van der Waals surface area contributed by atoms with E-state index in [9.17, 15) is 19.2 Å². The molecule has 0 aliphatic rings. The van der Waals surface area contributed by atoms with E-state index in [2.05, 4.69) is 5.32 Å². The summed E-state index contributed by atoms with van der Waals surface area (Å²) in [6, 6.07) is 5.94. The number of amides is 1. The van der Waals surface area contributed by atoms with Gasteiger partial charge < -0.3 is 15.5 Å². The Kier molecular flexibility index (Phi) is 14.1. The van der Waals surface area contributed by atoms with Crippen LogP contribution in [0.25, 0.3) is 0 Å². The number of carboxylic acids is 2. The Labute approximate surface area is 188 Å². The zero-order valence-electron chi connectivity index (χ0n) is 17.8. The molecule has 1 radical (unpaired) electrons. The summed E-state index contributed by atoms with van der Waals surface area (Å²) in [5.74, 6) is -1.30. The zero-order valence-corrected chi connectivity index (χ0v) is 18.6. The largest absolute Gasteiger partial charge is 0.480 e. The second kappa shape index (κ2) is 16.4. The summed E-state index contributed by atoms with van der Waals surface area (Å²) < 4.78 is 0. The van der Waals surface area contributed by atoms with E-state index in [0.29, 0.717) is 12.0 Å². The summed E-state index contributed by atoms with van der Waals surface area (Å²) in [6.07, 6.45) is 10.5. The van der Waals surface area contributed by atoms with Crippen molar-refractivity contribution in [3.63, 3.8) is 0 Å². The minimum atomic E-state index is -1.13. The van der Waals surface area contributed by atoms with Crippen LogP contribution in [0.15, 0.2) is 29.2 Å². The van der Waals surface area contributed by atoms with Gasteiger partial charge in [-0.3, -0.25) is 9.59 Å². The van der Waals surface area contributed by atoms with Crippen molar-refractivity contribution in [1.29, 1.82) is 0 Å². The fourth-order valence-electron chi connectivity index (χ4n) is 3.06. The third-order valence-corrected chi connectivity index (χ3v) is 5.93. The number of aromatic carboxylic acids is 1. The first-order chi connectivity index (χ1) is 14.9. The number of aliphatic carboxylic acids is 1. The molecule has 0 bridgehead atoms. The summed E-state index contributed by atoms with van der Waals surface area (Å²) in [5.41, 5.74) is 0.308. The highest BCUT2D eigenvalue weighted by Crippen LogP contribution is 2.20. The number of carbonyl (C=O) groups is 3. The van der Waals surface area contributed by atoms with Gasteiger partial charge in [-0.05, 0) is 49.3 Å². The van der Waals surface area contributed by atoms with Crippen molar-refractivity contribution in [1.82, 2.24) is 5.32 Å². The van der Waals surface area contributed by atoms with Crippen molar-refractivity contribution in [3.8, 4) is 0 Å². The molecule has 1 aromatic carbocycles. The highest BCUT2D eigenvalue weighted by atomic mass is 32.2. The maximum absolute atomic E-state index is 11.8. The number of carbonyl (C=O) groups excluding carboxylic acids is 2. The van der Waals surface area contributed by atoms with Gasteiger partial charge in [0.15, 0.2) is 6.29 Å². The van der Waals surface area contributed by atoms with Gasteiger partial charge in [-0.1, -0.05) is 38.5 Å². The predicted octanol–water partition coefficient (Wildman–Crippen LogP) is 4.45. The molecule has 0 fully saturated rings. The fraction of sp³-hybridized carbons (Fsp3) is 0.565. The molecule has 3 N–H and O–H groups in total. The molecule has 0 aromatic heterocycles. The van der Waals surface area contributed by atoms with Crippen LogP contribution in [0.2, 0.25) is 0 Å². The van der Waals surface area contributed by atoms with E-state index in [1.165, 1.54) is 6.42 Å². The van der Waals surface area contributed by atoms with Gasteiger partial charge in [0.05, 0.1) is 5.56 Å². The van der Waals surface area contributed by atoms with Gasteiger partial charge >= 0.3 is 11.9 Å². The van der Waals surface area contributed by atoms with Crippen LogP contribution < -0.4 is 5.32 Å². The molecule has 0 unspecified atom stereocenters. The molecule has 0 aliphatic carbocycles. The number of carboxylic acid groups (broad SMARTS) is 2. The molecule has 31 heavy (non-hydrogen) atoms. The van der Waals surface area contributed by atoms with E-state index < -0.39 is 18.0 Å². The van der Waals surface area contributed by atoms with Crippen molar-refractivity contribution in [2.45, 2.75) is 81.6 Å². The van der Waals surface area contributed by atoms with Crippen LogP contribution in [0.1, 0.15) is 81.0 Å². The lowest BCUT2D eigenvalue weighted by molar-refractivity contribution is -0.142. The van der Waals surface area contributed by atoms with Gasteiger partial charge in [0, 0.05) is 17.7 Å². The third-order valence-electron chi connectivity index (χ3n) is 4.84. The fourth-order valence-corrected chi connectivity index (χ4v) is 3.97. The molecule has 1 atom stereocenters. The summed E-state index contributed by atoms with van der Waals surface area (Å²) in [4.78, 5) is 45.0. The van der Waals surface area contributed by atoms with E-state index >= 15 is 0 Å². The minimum Gasteiger partial charge on any atom is -0.480 e. The molecule has 171 valence electrons. The van der Waals surface area contributed by atoms with E-state index in [1.807, 2.05) is 12.1 Å². The predicted molar refractivity (Wildman–Crippen MR) is 120 cm³/mol. The molecule has 0 heterocycles. The Bertz CT molecular complexity index is 692. The Hall–Kier alpha value is -2.35. The van der Waals surface area contributed by atoms with Crippen molar-refractivity contribution in [3.05, 3.63) is 29.8 Å². The quantitative estimate of drug-likeness (QED) is 0.223. The van der Waals surface area contributed by atoms with Gasteiger partial charge in [-0.2, -0.15) is 0 Å². The molecular weight excluding hydrogens is 418 g/mol. The molecule has 0 spiro atoms. The maximum atomic E-state index is 11.8. The molecular formula is C23H32NO6S. The lowest BCUT2D eigenvalue weighted by Crippen LogP contribution is -2.40. The van der Waals surface area contributed by atoms with Gasteiger partial charge in [0.1, 0.15) is 6.04 Å². The van der Waals surface area contributed by atoms with E-state index in [1.54, 1.807) is 30.2 Å². The molecule has 0 aliphatic heterocycles. The SMILES string of the molecule is O=[C]CC[C@H](NC(=O)CCCCCCCCCCSc1ccc(C(=O)O)cc1)C(=O)O. The van der Waals surface area contributed by atoms with Gasteiger partial charge in [-0.25, -0.2) is 9.59 Å². The second-order valence-corrected chi connectivity index (χ2v) is 8.57. The second-order valence-electron chi connectivity index (χ2n) is 7.40. The maximum Gasteiger partial charge on any atom is 0.335 e. The van der Waals surface area contributed by atoms with Gasteiger partial charge in [0.25, 0.3) is 0 Å². The average molecular weight is 451 g/mol. The Morgan fingerprint density at radius 3 is 2.03 bits per heavy atom. The van der Waals surface area contributed by atoms with Crippen molar-refractivity contribution >= 4 is 35.9 Å². The normalized spacial score (nSPS) is 11.6. The summed E-state index contributed by atoms with van der Waals surface area (Å²) in [5, 5.41) is 20.4. The highest BCUT2D eigenvalue weighted by molar-refractivity contribution is 7.99. The lowest BCUT2D eigenvalue weighted by atomic mass is 10.1. The smallest absolute Gasteiger partial charge is 0.335 e. The third kappa shape index (κ3) is 12.8. The lowest BCUT2D eigenvalue weighted by Gasteiger charge is -2.12.